The lowest BCUT2D eigenvalue weighted by Gasteiger charge is -2.04. The van der Waals surface area contributed by atoms with Crippen LogP contribution in [-0.4, -0.2) is 26.7 Å². The van der Waals surface area contributed by atoms with Gasteiger partial charge >= 0.3 is 0 Å². The van der Waals surface area contributed by atoms with Gasteiger partial charge in [-0.25, -0.2) is 4.98 Å². The molecule has 124 valence electrons. The fraction of sp³-hybridized carbons (Fsp3) is 0.105. The summed E-state index contributed by atoms with van der Waals surface area (Å²) in [5, 5.41) is 5.60. The zero-order chi connectivity index (χ0) is 17.1. The van der Waals surface area contributed by atoms with Crippen molar-refractivity contribution < 1.29 is 4.74 Å². The van der Waals surface area contributed by atoms with Crippen molar-refractivity contribution in [3.05, 3.63) is 72.6 Å². The predicted octanol–water partition coefficient (Wildman–Crippen LogP) is 4.09. The molecule has 4 rings (SSSR count). The van der Waals surface area contributed by atoms with E-state index >= 15 is 0 Å². The lowest BCUT2D eigenvalue weighted by molar-refractivity contribution is 0.387. The molecule has 0 unspecified atom stereocenters. The zero-order valence-corrected chi connectivity index (χ0v) is 14.5. The molecular formula is C19H16N4OS. The van der Waals surface area contributed by atoms with Crippen molar-refractivity contribution in [2.75, 3.05) is 7.11 Å². The van der Waals surface area contributed by atoms with Gasteiger partial charge in [0.05, 0.1) is 7.11 Å². The molecule has 6 heteroatoms. The van der Waals surface area contributed by atoms with Crippen LogP contribution in [0, 0.1) is 0 Å². The van der Waals surface area contributed by atoms with Gasteiger partial charge in [0, 0.05) is 23.7 Å². The highest BCUT2D eigenvalue weighted by Gasteiger charge is 2.16. The van der Waals surface area contributed by atoms with Gasteiger partial charge in [-0.2, -0.15) is 9.61 Å². The first-order chi connectivity index (χ1) is 12.3. The number of ether oxygens (including phenoxy) is 1. The van der Waals surface area contributed by atoms with Crippen LogP contribution in [-0.2, 0) is 5.75 Å². The molecule has 4 aromatic rings. The molecule has 0 radical (unpaired) electrons. The number of pyridine rings is 1. The summed E-state index contributed by atoms with van der Waals surface area (Å²) in [7, 11) is 1.65. The fourth-order valence-electron chi connectivity index (χ4n) is 2.58. The van der Waals surface area contributed by atoms with Crippen molar-refractivity contribution in [3.63, 3.8) is 0 Å². The molecule has 1 aromatic carbocycles. The minimum absolute atomic E-state index is 0.646. The summed E-state index contributed by atoms with van der Waals surface area (Å²) in [5.41, 5.74) is 3.79. The standard InChI is InChI=1S/C19H16N4OS/c1-24-19-18(15-5-3-2-4-6-15)21-16-7-8-17(22-23(16)19)25-13-14-9-11-20-12-10-14/h2-12H,13H2,1H3. The van der Waals surface area contributed by atoms with Gasteiger partial charge in [-0.3, -0.25) is 4.98 Å². The summed E-state index contributed by atoms with van der Waals surface area (Å²) in [6.45, 7) is 0. The van der Waals surface area contributed by atoms with Crippen molar-refractivity contribution in [2.24, 2.45) is 0 Å². The van der Waals surface area contributed by atoms with Crippen LogP contribution in [0.2, 0.25) is 0 Å². The Hall–Kier alpha value is -2.86. The van der Waals surface area contributed by atoms with Crippen LogP contribution in [0.3, 0.4) is 0 Å². The van der Waals surface area contributed by atoms with Crippen LogP contribution in [0.5, 0.6) is 5.88 Å². The maximum atomic E-state index is 5.59. The van der Waals surface area contributed by atoms with Crippen LogP contribution in [0.4, 0.5) is 0 Å². The number of fused-ring (bicyclic) bond motifs is 1. The summed E-state index contributed by atoms with van der Waals surface area (Å²) in [6, 6.07) is 18.0. The lowest BCUT2D eigenvalue weighted by atomic mass is 10.2. The van der Waals surface area contributed by atoms with E-state index in [1.165, 1.54) is 5.56 Å². The Kier molecular flexibility index (Phi) is 4.35. The number of imidazole rings is 1. The van der Waals surface area contributed by atoms with Crippen molar-refractivity contribution >= 4 is 17.4 Å². The first-order valence-electron chi connectivity index (χ1n) is 7.86. The molecule has 0 amide bonds. The quantitative estimate of drug-likeness (QED) is 0.508. The van der Waals surface area contributed by atoms with Crippen molar-refractivity contribution in [3.8, 4) is 17.1 Å². The van der Waals surface area contributed by atoms with E-state index in [0.29, 0.717) is 5.88 Å². The number of methoxy groups -OCH3 is 1. The van der Waals surface area contributed by atoms with Crippen LogP contribution in [0.25, 0.3) is 16.9 Å². The Labute approximate surface area is 149 Å². The largest absolute Gasteiger partial charge is 0.479 e. The van der Waals surface area contributed by atoms with E-state index < -0.39 is 0 Å². The average Bonchev–Trinajstić information content (AvgIpc) is 3.05. The molecule has 3 heterocycles. The van der Waals surface area contributed by atoms with Crippen molar-refractivity contribution in [1.29, 1.82) is 0 Å². The molecule has 0 aliphatic heterocycles. The van der Waals surface area contributed by atoms with Gasteiger partial charge in [0.25, 0.3) is 0 Å². The maximum Gasteiger partial charge on any atom is 0.243 e. The highest BCUT2D eigenvalue weighted by Crippen LogP contribution is 2.31. The molecule has 0 bridgehead atoms. The number of rotatable bonds is 5. The van der Waals surface area contributed by atoms with E-state index in [2.05, 4.69) is 15.1 Å². The van der Waals surface area contributed by atoms with E-state index in [-0.39, 0.29) is 0 Å². The normalized spacial score (nSPS) is 10.9. The SMILES string of the molecule is COc1c(-c2ccccc2)nc2ccc(SCc3ccncc3)nn12. The molecule has 0 aliphatic rings. The minimum atomic E-state index is 0.646. The van der Waals surface area contributed by atoms with Crippen molar-refractivity contribution in [2.45, 2.75) is 10.8 Å². The lowest BCUT2D eigenvalue weighted by Crippen LogP contribution is -1.97. The van der Waals surface area contributed by atoms with E-state index in [1.807, 2.05) is 54.6 Å². The Morgan fingerprint density at radius 2 is 1.80 bits per heavy atom. The van der Waals surface area contributed by atoms with Crippen molar-refractivity contribution in [1.82, 2.24) is 19.6 Å². The Bertz CT molecular complexity index is 986. The van der Waals surface area contributed by atoms with Crippen LogP contribution < -0.4 is 4.74 Å². The molecule has 0 saturated heterocycles. The maximum absolute atomic E-state index is 5.59. The second kappa shape index (κ2) is 6.94. The Morgan fingerprint density at radius 3 is 2.56 bits per heavy atom. The third-order valence-corrected chi connectivity index (χ3v) is 4.78. The second-order valence-electron chi connectivity index (χ2n) is 5.42. The van der Waals surface area contributed by atoms with Crippen LogP contribution >= 0.6 is 11.8 Å². The molecule has 5 nitrogen and oxygen atoms in total. The van der Waals surface area contributed by atoms with E-state index in [4.69, 9.17) is 4.74 Å². The first-order valence-corrected chi connectivity index (χ1v) is 8.84. The number of hydrogen-bond acceptors (Lipinski definition) is 5. The van der Waals surface area contributed by atoms with Gasteiger partial charge < -0.3 is 4.74 Å². The van der Waals surface area contributed by atoms with E-state index in [1.54, 1.807) is 35.8 Å². The second-order valence-corrected chi connectivity index (χ2v) is 6.42. The smallest absolute Gasteiger partial charge is 0.243 e. The highest BCUT2D eigenvalue weighted by atomic mass is 32.2. The van der Waals surface area contributed by atoms with Gasteiger partial charge in [0.15, 0.2) is 5.65 Å². The number of nitrogens with zero attached hydrogens (tertiary/aromatic N) is 4. The number of thioether (sulfide) groups is 1. The molecule has 0 spiro atoms. The summed E-state index contributed by atoms with van der Waals surface area (Å²) < 4.78 is 7.35. The molecule has 0 aliphatic carbocycles. The zero-order valence-electron chi connectivity index (χ0n) is 13.7. The highest BCUT2D eigenvalue weighted by molar-refractivity contribution is 7.98. The molecule has 25 heavy (non-hydrogen) atoms. The summed E-state index contributed by atoms with van der Waals surface area (Å²) in [4.78, 5) is 8.71. The molecule has 3 aromatic heterocycles. The van der Waals surface area contributed by atoms with Gasteiger partial charge in [-0.05, 0) is 29.8 Å². The molecule has 0 atom stereocenters. The average molecular weight is 348 g/mol. The Morgan fingerprint density at radius 1 is 1.00 bits per heavy atom. The van der Waals surface area contributed by atoms with Crippen LogP contribution in [0.15, 0.2) is 72.0 Å². The van der Waals surface area contributed by atoms with Gasteiger partial charge in [0.2, 0.25) is 5.88 Å². The molecular weight excluding hydrogens is 332 g/mol. The van der Waals surface area contributed by atoms with Gasteiger partial charge in [-0.15, -0.1) is 0 Å². The van der Waals surface area contributed by atoms with Crippen LogP contribution in [0.1, 0.15) is 5.56 Å². The summed E-state index contributed by atoms with van der Waals surface area (Å²) >= 11 is 1.67. The number of hydrogen-bond donors (Lipinski definition) is 0. The number of aromatic nitrogens is 4. The summed E-state index contributed by atoms with van der Waals surface area (Å²) in [5.74, 6) is 1.48. The monoisotopic (exact) mass is 348 g/mol. The third kappa shape index (κ3) is 3.21. The van der Waals surface area contributed by atoms with E-state index in [0.717, 1.165) is 27.7 Å². The predicted molar refractivity (Wildman–Crippen MR) is 98.8 cm³/mol. The third-order valence-electron chi connectivity index (χ3n) is 3.79. The fourth-order valence-corrected chi connectivity index (χ4v) is 3.39. The van der Waals surface area contributed by atoms with Gasteiger partial charge in [0.1, 0.15) is 10.7 Å². The molecule has 0 saturated carbocycles. The van der Waals surface area contributed by atoms with Gasteiger partial charge in [-0.1, -0.05) is 42.1 Å². The molecule has 0 fully saturated rings. The number of benzene rings is 1. The Balaban J connectivity index is 1.68. The van der Waals surface area contributed by atoms with E-state index in [9.17, 15) is 0 Å². The topological polar surface area (TPSA) is 52.3 Å². The molecule has 0 N–H and O–H groups in total. The summed E-state index contributed by atoms with van der Waals surface area (Å²) in [6.07, 6.45) is 3.61. The minimum Gasteiger partial charge on any atom is -0.479 e. The first kappa shape index (κ1) is 15.7.